The molecule has 6 heterocycles. The molecule has 4 aromatic heterocycles. The van der Waals surface area contributed by atoms with Crippen molar-refractivity contribution in [1.82, 2.24) is 41.1 Å². The second-order valence-electron chi connectivity index (χ2n) is 22.6. The van der Waals surface area contributed by atoms with Crippen molar-refractivity contribution >= 4 is 112 Å². The van der Waals surface area contributed by atoms with Gasteiger partial charge in [0, 0.05) is 102 Å². The number of hydrogen-bond donors (Lipinski definition) is 4. The molecule has 2 fully saturated rings. The Labute approximate surface area is 609 Å². The number of hydrogen-bond acceptors (Lipinski definition) is 20. The highest BCUT2D eigenvalue weighted by Gasteiger charge is 2.31. The average molecular weight is 1490 g/mol. The number of nitrogens with one attached hydrogen (secondary N) is 2. The molecule has 0 unspecified atom stereocenters. The average Bonchev–Trinajstić information content (AvgIpc) is 1.74. The van der Waals surface area contributed by atoms with Crippen LogP contribution in [-0.2, 0) is 9.47 Å². The number of aldehydes is 1. The Morgan fingerprint density at radius 1 is 0.564 bits per heavy atom. The summed E-state index contributed by atoms with van der Waals surface area (Å²) in [4.78, 5) is 71.8. The van der Waals surface area contributed by atoms with Crippen LogP contribution in [0.4, 0.5) is 4.79 Å². The summed E-state index contributed by atoms with van der Waals surface area (Å²) >= 11 is 35.5. The zero-order valence-electron chi connectivity index (χ0n) is 54.3. The number of amides is 3. The lowest BCUT2D eigenvalue weighted by molar-refractivity contribution is 0.0287. The molecule has 3 amide bonds. The van der Waals surface area contributed by atoms with Gasteiger partial charge in [-0.15, -0.1) is 0 Å². The summed E-state index contributed by atoms with van der Waals surface area (Å²) in [5.41, 5.74) is 5.47. The molecular weight excluding hydrogens is 1430 g/mol. The predicted molar refractivity (Wildman–Crippen MR) is 380 cm³/mol. The van der Waals surface area contributed by atoms with Gasteiger partial charge in [-0.05, 0) is 81.8 Å². The number of halogens is 6. The van der Waals surface area contributed by atoms with Gasteiger partial charge in [-0.25, -0.2) is 14.4 Å². The van der Waals surface area contributed by atoms with Gasteiger partial charge in [-0.1, -0.05) is 205 Å². The van der Waals surface area contributed by atoms with Crippen molar-refractivity contribution in [3.8, 4) is 51.2 Å². The van der Waals surface area contributed by atoms with Crippen molar-refractivity contribution in [2.75, 3.05) is 46.4 Å². The van der Waals surface area contributed by atoms with E-state index in [0.717, 1.165) is 31.2 Å². The molecule has 2 aliphatic rings. The Morgan fingerprint density at radius 3 is 1.29 bits per heavy atom. The number of methoxy groups -OCH3 is 1. The largest absolute Gasteiger partial charge is 0.475 e. The van der Waals surface area contributed by atoms with E-state index in [1.807, 2.05) is 81.4 Å². The molecule has 10 aromatic rings. The summed E-state index contributed by atoms with van der Waals surface area (Å²) in [6.07, 6.45) is 5.54. The first-order valence-corrected chi connectivity index (χ1v) is 32.7. The fourth-order valence-corrected chi connectivity index (χ4v) is 10.5. The van der Waals surface area contributed by atoms with Crippen LogP contribution in [0.5, 0.6) is 0 Å². The number of ether oxygens (including phenoxy) is 2. The topological polar surface area (TPSA) is 332 Å². The number of nitriles is 1. The minimum Gasteiger partial charge on any atom is -0.475 e. The van der Waals surface area contributed by atoms with Crippen molar-refractivity contribution < 1.29 is 66.6 Å². The van der Waals surface area contributed by atoms with Crippen LogP contribution in [0.3, 0.4) is 0 Å². The number of likely N-dealkylation sites (tertiary alicyclic amines) is 2. The highest BCUT2D eigenvalue weighted by atomic mass is 35.5. The van der Waals surface area contributed by atoms with Crippen molar-refractivity contribution in [2.24, 2.45) is 17.0 Å². The van der Waals surface area contributed by atoms with Crippen molar-refractivity contribution in [3.63, 3.8) is 0 Å². The first-order valence-electron chi connectivity index (χ1n) is 30.5. The molecule has 4 N–H and O–H groups in total. The van der Waals surface area contributed by atoms with Crippen LogP contribution in [0.25, 0.3) is 45.0 Å². The number of esters is 1. The number of carboxylic acid groups (broad SMARTS) is 1. The highest BCUT2D eigenvalue weighted by molar-refractivity contribution is 6.35. The van der Waals surface area contributed by atoms with Gasteiger partial charge < -0.3 is 58.3 Å². The molecule has 2 atom stereocenters. The van der Waals surface area contributed by atoms with Crippen molar-refractivity contribution in [3.05, 3.63) is 234 Å². The zero-order valence-corrected chi connectivity index (χ0v) is 58.8. The van der Waals surface area contributed by atoms with E-state index in [2.05, 4.69) is 51.9 Å². The summed E-state index contributed by atoms with van der Waals surface area (Å²) in [6.45, 7) is 9.07. The molecule has 24 nitrogen and oxygen atoms in total. The van der Waals surface area contributed by atoms with Crippen LogP contribution >= 0.6 is 69.6 Å². The van der Waals surface area contributed by atoms with E-state index in [0.29, 0.717) is 113 Å². The second-order valence-corrected chi connectivity index (χ2v) is 25.1. The van der Waals surface area contributed by atoms with Gasteiger partial charge in [-0.2, -0.15) is 5.26 Å². The highest BCUT2D eigenvalue weighted by Crippen LogP contribution is 2.31. The number of nitrogens with zero attached hydrogens (tertiary/aromatic N) is 8. The second kappa shape index (κ2) is 38.7. The number of aromatic nitrogens is 4. The summed E-state index contributed by atoms with van der Waals surface area (Å²) in [5.74, 6) is -1.80. The Kier molecular flexibility index (Phi) is 29.8. The van der Waals surface area contributed by atoms with Gasteiger partial charge in [0.1, 0.15) is 28.4 Å². The van der Waals surface area contributed by atoms with Crippen LogP contribution in [0.1, 0.15) is 91.8 Å². The maximum atomic E-state index is 12.4. The molecule has 2 saturated heterocycles. The Morgan fingerprint density at radius 2 is 0.931 bits per heavy atom. The molecule has 6 aromatic carbocycles. The lowest BCUT2D eigenvalue weighted by Crippen LogP contribution is -2.36. The van der Waals surface area contributed by atoms with Crippen LogP contribution in [-0.4, -0.2) is 135 Å². The number of aromatic carboxylic acids is 1. The third kappa shape index (κ3) is 23.8. The zero-order chi connectivity index (χ0) is 73.0. The molecular formula is C71H64Cl6N10O14. The number of oxime groups is 1. The Bertz CT molecular complexity index is 4510. The number of rotatable bonds is 14. The first kappa shape index (κ1) is 77.8. The first-order chi connectivity index (χ1) is 48.5. The molecule has 101 heavy (non-hydrogen) atoms. The monoisotopic (exact) mass is 1490 g/mol. The SMILES string of the molecule is CC(C)(C)OC(=O)N1CC[C@H](CNC(=O)c2cc(-c3ccccc3Cl)no2)C1.COC(=O)c1cc(-c2ccccc2Cl)no1.N#CN1CC[C@H](CNC(=O)c2cc(-c3ccccc3Cl)no2)C1.O/N=C/c1ccccc1Cl.O=C(O)c1cc(-c2ccccc2Cl)no1.O=Cc1ccccc1Cl. The van der Waals surface area contributed by atoms with Gasteiger partial charge in [0.2, 0.25) is 23.0 Å². The van der Waals surface area contributed by atoms with E-state index in [1.165, 1.54) is 25.5 Å². The minimum absolute atomic E-state index is 0.0532. The third-order valence-corrected chi connectivity index (χ3v) is 16.3. The molecule has 524 valence electrons. The summed E-state index contributed by atoms with van der Waals surface area (Å²) < 4.78 is 29.6. The molecule has 30 heteroatoms. The summed E-state index contributed by atoms with van der Waals surface area (Å²) in [5, 5.41) is 52.6. The van der Waals surface area contributed by atoms with E-state index in [4.69, 9.17) is 103 Å². The van der Waals surface area contributed by atoms with Crippen LogP contribution < -0.4 is 10.6 Å². The van der Waals surface area contributed by atoms with Crippen molar-refractivity contribution in [1.29, 1.82) is 5.26 Å². The van der Waals surface area contributed by atoms with Gasteiger partial charge >= 0.3 is 18.0 Å². The van der Waals surface area contributed by atoms with E-state index in [-0.39, 0.29) is 52.8 Å². The molecule has 0 aliphatic carbocycles. The Balaban J connectivity index is 0.000000177. The van der Waals surface area contributed by atoms with Gasteiger partial charge in [0.25, 0.3) is 11.8 Å². The maximum absolute atomic E-state index is 12.4. The van der Waals surface area contributed by atoms with Crippen molar-refractivity contribution in [2.45, 2.75) is 39.2 Å². The maximum Gasteiger partial charge on any atom is 0.410 e. The smallest absolute Gasteiger partial charge is 0.410 e. The van der Waals surface area contributed by atoms with Gasteiger partial charge in [0.05, 0.1) is 38.4 Å². The molecule has 2 aliphatic heterocycles. The van der Waals surface area contributed by atoms with Gasteiger partial charge in [0.15, 0.2) is 12.5 Å². The molecule has 0 saturated carbocycles. The third-order valence-electron chi connectivity index (χ3n) is 14.3. The fraction of sp³-hybridized carbons (Fsp3) is 0.211. The van der Waals surface area contributed by atoms with E-state index in [1.54, 1.807) is 107 Å². The van der Waals surface area contributed by atoms with E-state index >= 15 is 0 Å². The standard InChI is InChI=1S/C20H24ClN3O4.C16H15ClN4O2.C11H8ClNO3.C10H6ClNO3.C7H6ClNO.C7H5ClO/c1-20(2,3)27-19(26)24-9-8-13(12-24)11-22-18(25)17-10-16(23-28-17)14-6-4-5-7-15(14)21;17-13-4-2-1-3-12(13)14-7-15(23-20-14)16(22)19-8-11-5-6-21(9-11)10-18;1-15-11(14)10-6-9(13-16-10)7-4-2-3-5-8(7)12;11-7-4-2-1-3-6(7)8-5-9(10(13)14)15-12-8;8-7-4-2-1-3-6(7)5-9-10;8-7-4-2-1-3-6(7)5-9/h4-7,10,13H,8-9,11-12H2,1-3H3,(H,22,25);1-4,7,11H,5-6,8-9H2,(H,19,22);2-6H,1H3;1-5H,(H,13,14);1-5,10H;1-5H/b;;;;9-5+;/t13-;11-;;;;/m11..../s1. The lowest BCUT2D eigenvalue weighted by atomic mass is 10.1. The lowest BCUT2D eigenvalue weighted by Gasteiger charge is -2.24. The van der Waals surface area contributed by atoms with Crippen LogP contribution in [0, 0.1) is 23.3 Å². The molecule has 0 bridgehead atoms. The number of carbonyl (C=O) groups excluding carboxylic acids is 5. The van der Waals surface area contributed by atoms with Crippen LogP contribution in [0.15, 0.2) is 193 Å². The molecule has 0 radical (unpaired) electrons. The van der Waals surface area contributed by atoms with E-state index < -0.39 is 17.5 Å². The van der Waals surface area contributed by atoms with Gasteiger partial charge in [-0.3, -0.25) is 14.4 Å². The van der Waals surface area contributed by atoms with Crippen LogP contribution in [0.2, 0.25) is 30.1 Å². The molecule has 12 rings (SSSR count). The van der Waals surface area contributed by atoms with E-state index in [9.17, 15) is 28.8 Å². The quantitative estimate of drug-likeness (QED) is 0.0196. The molecule has 0 spiro atoms. The fourth-order valence-electron chi connectivity index (χ4n) is 9.24. The minimum atomic E-state index is -1.15. The number of benzene rings is 6. The number of carbonyl (C=O) groups is 6. The summed E-state index contributed by atoms with van der Waals surface area (Å²) in [6, 6.07) is 48.7. The number of carboxylic acids is 1. The summed E-state index contributed by atoms with van der Waals surface area (Å²) in [7, 11) is 1.28. The predicted octanol–water partition coefficient (Wildman–Crippen LogP) is 16.3. The normalized spacial score (nSPS) is 13.5. The Hall–Kier alpha value is -10.5.